The van der Waals surface area contributed by atoms with Gasteiger partial charge in [0.2, 0.25) is 15.9 Å². The third-order valence-electron chi connectivity index (χ3n) is 2.44. The van der Waals surface area contributed by atoms with Crippen molar-refractivity contribution in [1.29, 1.82) is 0 Å². The molecule has 1 rings (SSSR count). The van der Waals surface area contributed by atoms with Gasteiger partial charge in [-0.05, 0) is 41.9 Å². The molecule has 0 aliphatic heterocycles. The number of hydrogen-bond acceptors (Lipinski definition) is 4. The number of rotatable bonds is 6. The Morgan fingerprint density at radius 2 is 2.05 bits per heavy atom. The molecule has 1 amide bonds. The minimum absolute atomic E-state index is 0.000318. The van der Waals surface area contributed by atoms with Crippen LogP contribution >= 0.6 is 15.9 Å². The largest absolute Gasteiger partial charge is 0.398 e. The molecule has 0 radical (unpaired) electrons. The van der Waals surface area contributed by atoms with Crippen LogP contribution in [0.5, 0.6) is 0 Å². The Bertz CT molecular complexity index is 635. The van der Waals surface area contributed by atoms with Crippen LogP contribution in [0.4, 0.5) is 10.1 Å². The summed E-state index contributed by atoms with van der Waals surface area (Å²) in [5.74, 6) is -0.913. The van der Waals surface area contributed by atoms with E-state index >= 15 is 0 Å². The van der Waals surface area contributed by atoms with E-state index in [4.69, 9.17) is 5.73 Å². The van der Waals surface area contributed by atoms with E-state index in [9.17, 15) is 17.6 Å². The Hall–Kier alpha value is -1.19. The normalized spacial score (nSPS) is 11.7. The summed E-state index contributed by atoms with van der Waals surface area (Å²) in [6, 6.07) is 1.99. The molecule has 0 bridgehead atoms. The number of amides is 1. The first-order valence-electron chi connectivity index (χ1n) is 6.17. The van der Waals surface area contributed by atoms with Gasteiger partial charge in [0.05, 0.1) is 10.2 Å². The van der Waals surface area contributed by atoms with Gasteiger partial charge in [0.15, 0.2) is 0 Å². The second-order valence-electron chi connectivity index (χ2n) is 4.67. The van der Waals surface area contributed by atoms with Crippen LogP contribution in [0.3, 0.4) is 0 Å². The van der Waals surface area contributed by atoms with Gasteiger partial charge >= 0.3 is 0 Å². The molecule has 9 heteroatoms. The van der Waals surface area contributed by atoms with Gasteiger partial charge in [0.25, 0.3) is 0 Å². The number of anilines is 1. The first-order valence-corrected chi connectivity index (χ1v) is 8.44. The lowest BCUT2D eigenvalue weighted by Crippen LogP contribution is -2.34. The highest BCUT2D eigenvalue weighted by molar-refractivity contribution is 9.10. The lowest BCUT2D eigenvalue weighted by atomic mass is 10.3. The summed E-state index contributed by atoms with van der Waals surface area (Å²) < 4.78 is 39.6. The summed E-state index contributed by atoms with van der Waals surface area (Å²) in [5, 5.41) is 2.64. The number of nitrogen functional groups attached to an aromatic ring is 1. The Morgan fingerprint density at radius 3 is 2.62 bits per heavy atom. The summed E-state index contributed by atoms with van der Waals surface area (Å²) in [4.78, 5) is 11.2. The third-order valence-corrected chi connectivity index (χ3v) is 4.56. The van der Waals surface area contributed by atoms with Gasteiger partial charge in [-0.3, -0.25) is 4.79 Å². The molecule has 0 atom stereocenters. The molecule has 4 N–H and O–H groups in total. The SMILES string of the molecule is CC(C)NC(=O)CCNS(=O)(=O)c1cc(Br)c(F)cc1N. The molecule has 1 aromatic carbocycles. The molecule has 1 aromatic rings. The molecule has 118 valence electrons. The van der Waals surface area contributed by atoms with Crippen LogP contribution in [0.15, 0.2) is 21.5 Å². The van der Waals surface area contributed by atoms with E-state index in [1.54, 1.807) is 13.8 Å². The van der Waals surface area contributed by atoms with Crippen LogP contribution in [0.1, 0.15) is 20.3 Å². The van der Waals surface area contributed by atoms with Gasteiger partial charge in [-0.25, -0.2) is 17.5 Å². The van der Waals surface area contributed by atoms with Crippen LogP contribution in [0, 0.1) is 5.82 Å². The Labute approximate surface area is 131 Å². The van der Waals surface area contributed by atoms with Gasteiger partial charge in [0.1, 0.15) is 10.7 Å². The van der Waals surface area contributed by atoms with Crippen molar-refractivity contribution < 1.29 is 17.6 Å². The molecule has 0 saturated carbocycles. The number of benzene rings is 1. The fourth-order valence-electron chi connectivity index (χ4n) is 1.55. The van der Waals surface area contributed by atoms with Crippen LogP contribution in [0.25, 0.3) is 0 Å². The van der Waals surface area contributed by atoms with E-state index in [0.29, 0.717) is 0 Å². The first kappa shape index (κ1) is 17.9. The van der Waals surface area contributed by atoms with Gasteiger partial charge in [-0.15, -0.1) is 0 Å². The zero-order valence-electron chi connectivity index (χ0n) is 11.6. The van der Waals surface area contributed by atoms with Crippen molar-refractivity contribution in [2.45, 2.75) is 31.2 Å². The van der Waals surface area contributed by atoms with Crippen LogP contribution in [-0.2, 0) is 14.8 Å². The molecule has 0 unspecified atom stereocenters. The fourth-order valence-corrected chi connectivity index (χ4v) is 3.21. The highest BCUT2D eigenvalue weighted by Gasteiger charge is 2.19. The molecule has 0 spiro atoms. The number of carbonyl (C=O) groups is 1. The molecule has 0 fully saturated rings. The maximum atomic E-state index is 13.2. The molecule has 0 aromatic heterocycles. The molecule has 0 aliphatic rings. The third kappa shape index (κ3) is 5.25. The predicted octanol–water partition coefficient (Wildman–Crippen LogP) is 1.36. The van der Waals surface area contributed by atoms with Crippen LogP contribution < -0.4 is 15.8 Å². The lowest BCUT2D eigenvalue weighted by Gasteiger charge is -2.11. The number of sulfonamides is 1. The average molecular weight is 382 g/mol. The van der Waals surface area contributed by atoms with Crippen molar-refractivity contribution in [2.24, 2.45) is 0 Å². The summed E-state index contributed by atoms with van der Waals surface area (Å²) in [6.07, 6.45) is -0.000318. The van der Waals surface area contributed by atoms with E-state index in [1.807, 2.05) is 0 Å². The highest BCUT2D eigenvalue weighted by Crippen LogP contribution is 2.25. The minimum atomic E-state index is -3.91. The van der Waals surface area contributed by atoms with Crippen molar-refractivity contribution in [3.63, 3.8) is 0 Å². The topological polar surface area (TPSA) is 101 Å². The summed E-state index contributed by atoms with van der Waals surface area (Å²) in [7, 11) is -3.91. The second-order valence-corrected chi connectivity index (χ2v) is 7.26. The van der Waals surface area contributed by atoms with Crippen molar-refractivity contribution in [3.8, 4) is 0 Å². The van der Waals surface area contributed by atoms with Crippen molar-refractivity contribution >= 4 is 37.5 Å². The van der Waals surface area contributed by atoms with E-state index in [-0.39, 0.29) is 40.0 Å². The van der Waals surface area contributed by atoms with Gasteiger partial charge in [-0.1, -0.05) is 0 Å². The average Bonchev–Trinajstić information content (AvgIpc) is 2.32. The molecule has 0 heterocycles. The molecule has 0 aliphatic carbocycles. The number of halogens is 2. The number of carbonyl (C=O) groups excluding carboxylic acids is 1. The highest BCUT2D eigenvalue weighted by atomic mass is 79.9. The van der Waals surface area contributed by atoms with Crippen LogP contribution in [0.2, 0.25) is 0 Å². The summed E-state index contributed by atoms with van der Waals surface area (Å²) >= 11 is 2.90. The van der Waals surface area contributed by atoms with Crippen molar-refractivity contribution in [1.82, 2.24) is 10.0 Å². The molecular weight excluding hydrogens is 365 g/mol. The summed E-state index contributed by atoms with van der Waals surface area (Å²) in [6.45, 7) is 3.53. The molecular formula is C12H17BrFN3O3S. The zero-order chi connectivity index (χ0) is 16.2. The monoisotopic (exact) mass is 381 g/mol. The minimum Gasteiger partial charge on any atom is -0.398 e. The Morgan fingerprint density at radius 1 is 1.43 bits per heavy atom. The van der Waals surface area contributed by atoms with E-state index in [0.717, 1.165) is 12.1 Å². The van der Waals surface area contributed by atoms with Crippen molar-refractivity contribution in [2.75, 3.05) is 12.3 Å². The van der Waals surface area contributed by atoms with Crippen molar-refractivity contribution in [3.05, 3.63) is 22.4 Å². The van der Waals surface area contributed by atoms with E-state index < -0.39 is 15.8 Å². The number of nitrogens with two attached hydrogens (primary N) is 1. The quantitative estimate of drug-likeness (QED) is 0.647. The molecule has 21 heavy (non-hydrogen) atoms. The Kier molecular flexibility index (Phi) is 6.11. The van der Waals surface area contributed by atoms with E-state index in [1.165, 1.54) is 0 Å². The smallest absolute Gasteiger partial charge is 0.242 e. The first-order chi connectivity index (χ1) is 9.63. The van der Waals surface area contributed by atoms with Crippen LogP contribution in [-0.4, -0.2) is 26.9 Å². The van der Waals surface area contributed by atoms with Gasteiger partial charge in [-0.2, -0.15) is 0 Å². The molecule has 0 saturated heterocycles. The van der Waals surface area contributed by atoms with Gasteiger partial charge in [0, 0.05) is 19.0 Å². The number of nitrogens with one attached hydrogen (secondary N) is 2. The maximum absolute atomic E-state index is 13.2. The molecule has 6 nitrogen and oxygen atoms in total. The standard InChI is InChI=1S/C12H17BrFN3O3S/c1-7(2)17-12(18)3-4-16-21(19,20)11-5-8(13)9(14)6-10(11)15/h5-7,16H,3-4,15H2,1-2H3,(H,17,18). The lowest BCUT2D eigenvalue weighted by molar-refractivity contribution is -0.121. The fraction of sp³-hybridized carbons (Fsp3) is 0.417. The predicted molar refractivity (Wildman–Crippen MR) is 81.6 cm³/mol. The second kappa shape index (κ2) is 7.19. The van der Waals surface area contributed by atoms with E-state index in [2.05, 4.69) is 26.0 Å². The Balaban J connectivity index is 2.75. The zero-order valence-corrected chi connectivity index (χ0v) is 14.0. The number of hydrogen-bond donors (Lipinski definition) is 3. The maximum Gasteiger partial charge on any atom is 0.242 e. The summed E-state index contributed by atoms with van der Waals surface area (Å²) in [5.41, 5.74) is 5.32. The van der Waals surface area contributed by atoms with Gasteiger partial charge < -0.3 is 11.1 Å².